The van der Waals surface area contributed by atoms with Crippen LogP contribution < -0.4 is 14.4 Å². The summed E-state index contributed by atoms with van der Waals surface area (Å²) in [6.45, 7) is 19.2. The Balaban J connectivity index is 1.39. The lowest BCUT2D eigenvalue weighted by Crippen LogP contribution is -2.40. The van der Waals surface area contributed by atoms with Crippen molar-refractivity contribution in [3.8, 4) is 11.7 Å². The second-order valence-electron chi connectivity index (χ2n) is 13.0. The van der Waals surface area contributed by atoms with Gasteiger partial charge in [-0.2, -0.15) is 5.10 Å². The summed E-state index contributed by atoms with van der Waals surface area (Å²) < 4.78 is 12.6. The summed E-state index contributed by atoms with van der Waals surface area (Å²) in [4.78, 5) is 21.6. The standard InChI is InChI=1S/C29H41N7O2S/c1-18-14-27(3,4)35(15-18)25-20(26(37)33-39-21-16-34(9)31-19(21)2)10-11-23(30-25)36-13-12-24(32-36)38-17-22-28(5,6)29(22,7)8/h10-13,16,18,22H,14-15,17H2,1-9H3,(H,33,37). The first kappa shape index (κ1) is 27.6. The first-order chi connectivity index (χ1) is 18.2. The summed E-state index contributed by atoms with van der Waals surface area (Å²) >= 11 is 1.28. The Morgan fingerprint density at radius 1 is 1.13 bits per heavy atom. The number of carbonyl (C=O) groups is 1. The predicted octanol–water partition coefficient (Wildman–Crippen LogP) is 5.43. The summed E-state index contributed by atoms with van der Waals surface area (Å²) in [6, 6.07) is 5.56. The molecule has 5 rings (SSSR count). The molecule has 9 nitrogen and oxygen atoms in total. The molecule has 1 atom stereocenters. The molecule has 1 unspecified atom stereocenters. The summed E-state index contributed by atoms with van der Waals surface area (Å²) in [6.07, 6.45) is 4.79. The maximum Gasteiger partial charge on any atom is 0.265 e. The van der Waals surface area contributed by atoms with Crippen molar-refractivity contribution in [1.82, 2.24) is 29.3 Å². The van der Waals surface area contributed by atoms with E-state index >= 15 is 0 Å². The molecule has 2 aliphatic rings. The number of carbonyl (C=O) groups excluding carboxylic acids is 1. The van der Waals surface area contributed by atoms with Gasteiger partial charge in [0.25, 0.3) is 5.91 Å². The zero-order valence-electron chi connectivity index (χ0n) is 24.6. The van der Waals surface area contributed by atoms with E-state index in [4.69, 9.17) is 9.72 Å². The number of amides is 1. The number of hydrogen-bond donors (Lipinski definition) is 1. The van der Waals surface area contributed by atoms with Crippen molar-refractivity contribution in [1.29, 1.82) is 0 Å². The fraction of sp³-hybridized carbons (Fsp3) is 0.586. The van der Waals surface area contributed by atoms with E-state index in [9.17, 15) is 4.79 Å². The zero-order valence-corrected chi connectivity index (χ0v) is 25.4. The monoisotopic (exact) mass is 551 g/mol. The van der Waals surface area contributed by atoms with Gasteiger partial charge in [-0.1, -0.05) is 34.6 Å². The molecule has 0 aromatic carbocycles. The Labute approximate surface area is 235 Å². The van der Waals surface area contributed by atoms with Crippen LogP contribution in [0.2, 0.25) is 0 Å². The number of pyridine rings is 1. The van der Waals surface area contributed by atoms with E-state index in [2.05, 4.69) is 68.3 Å². The average molecular weight is 552 g/mol. The highest BCUT2D eigenvalue weighted by molar-refractivity contribution is 7.98. The van der Waals surface area contributed by atoms with Gasteiger partial charge in [-0.3, -0.25) is 14.2 Å². The van der Waals surface area contributed by atoms with Gasteiger partial charge in [0.15, 0.2) is 5.82 Å². The first-order valence-electron chi connectivity index (χ1n) is 13.7. The zero-order chi connectivity index (χ0) is 28.3. The number of anilines is 1. The molecule has 0 radical (unpaired) electrons. The van der Waals surface area contributed by atoms with Crippen LogP contribution in [0.3, 0.4) is 0 Å². The molecule has 1 aliphatic carbocycles. The molecule has 39 heavy (non-hydrogen) atoms. The Bertz CT molecular complexity index is 1380. The molecule has 1 saturated carbocycles. The van der Waals surface area contributed by atoms with Crippen LogP contribution in [-0.4, -0.2) is 49.1 Å². The first-order valence-corrected chi connectivity index (χ1v) is 14.5. The van der Waals surface area contributed by atoms with Crippen molar-refractivity contribution in [2.45, 2.75) is 72.2 Å². The van der Waals surface area contributed by atoms with Crippen molar-refractivity contribution in [2.24, 2.45) is 29.7 Å². The van der Waals surface area contributed by atoms with E-state index in [-0.39, 0.29) is 22.3 Å². The van der Waals surface area contributed by atoms with Crippen LogP contribution >= 0.6 is 11.9 Å². The third-order valence-corrected chi connectivity index (χ3v) is 10.1. The van der Waals surface area contributed by atoms with Gasteiger partial charge in [-0.25, -0.2) is 9.67 Å². The van der Waals surface area contributed by atoms with Gasteiger partial charge >= 0.3 is 0 Å². The molecule has 1 amide bonds. The molecule has 1 N–H and O–H groups in total. The van der Waals surface area contributed by atoms with Crippen molar-refractivity contribution >= 4 is 23.7 Å². The Hall–Kier alpha value is -3.01. The largest absolute Gasteiger partial charge is 0.476 e. The lowest BCUT2D eigenvalue weighted by Gasteiger charge is -2.34. The molecular formula is C29H41N7O2S. The fourth-order valence-corrected chi connectivity index (χ4v) is 6.88. The normalized spacial score (nSPS) is 21.3. The smallest absolute Gasteiger partial charge is 0.265 e. The van der Waals surface area contributed by atoms with E-state index in [1.807, 2.05) is 44.6 Å². The molecule has 2 fully saturated rings. The third kappa shape index (κ3) is 5.03. The van der Waals surface area contributed by atoms with Crippen molar-refractivity contribution in [3.05, 3.63) is 41.9 Å². The predicted molar refractivity (Wildman–Crippen MR) is 154 cm³/mol. The van der Waals surface area contributed by atoms with Gasteiger partial charge in [0.1, 0.15) is 5.82 Å². The van der Waals surface area contributed by atoms with E-state index in [0.717, 1.165) is 23.6 Å². The molecular weight excluding hydrogens is 510 g/mol. The SMILES string of the molecule is Cc1nn(C)cc1SNC(=O)c1ccc(-n2ccc(OCC3C(C)(C)C3(C)C)n2)nc1N1CC(C)CC1(C)C. The lowest BCUT2D eigenvalue weighted by atomic mass is 9.97. The van der Waals surface area contributed by atoms with Gasteiger partial charge < -0.3 is 9.64 Å². The molecule has 210 valence electrons. The van der Waals surface area contributed by atoms with Crippen LogP contribution in [0, 0.1) is 29.6 Å². The topological polar surface area (TPSA) is 90.1 Å². The van der Waals surface area contributed by atoms with Gasteiger partial charge in [0.05, 0.1) is 22.8 Å². The lowest BCUT2D eigenvalue weighted by molar-refractivity contribution is 0.0984. The van der Waals surface area contributed by atoms with Crippen LogP contribution in [0.1, 0.15) is 70.9 Å². The molecule has 3 aromatic heterocycles. The van der Waals surface area contributed by atoms with Crippen LogP contribution in [-0.2, 0) is 7.05 Å². The molecule has 0 bridgehead atoms. The van der Waals surface area contributed by atoms with Crippen molar-refractivity contribution in [2.75, 3.05) is 18.1 Å². The number of nitrogens with zero attached hydrogens (tertiary/aromatic N) is 6. The summed E-state index contributed by atoms with van der Waals surface area (Å²) in [5.74, 6) is 2.69. The number of rotatable bonds is 8. The number of ether oxygens (including phenoxy) is 1. The van der Waals surface area contributed by atoms with Crippen molar-refractivity contribution in [3.63, 3.8) is 0 Å². The van der Waals surface area contributed by atoms with Gasteiger partial charge in [-0.15, -0.1) is 5.10 Å². The maximum absolute atomic E-state index is 13.4. The number of aromatic nitrogens is 5. The van der Waals surface area contributed by atoms with E-state index in [1.165, 1.54) is 11.9 Å². The van der Waals surface area contributed by atoms with Crippen LogP contribution in [0.4, 0.5) is 5.82 Å². The van der Waals surface area contributed by atoms with Gasteiger partial charge in [0.2, 0.25) is 5.88 Å². The number of aryl methyl sites for hydroxylation is 2. The Morgan fingerprint density at radius 2 is 1.85 bits per heavy atom. The van der Waals surface area contributed by atoms with E-state index in [1.54, 1.807) is 9.36 Å². The highest BCUT2D eigenvalue weighted by Crippen LogP contribution is 2.68. The molecule has 1 saturated heterocycles. The summed E-state index contributed by atoms with van der Waals surface area (Å²) in [5.41, 5.74) is 1.80. The molecule has 0 spiro atoms. The fourth-order valence-electron chi connectivity index (χ4n) is 6.17. The van der Waals surface area contributed by atoms with Crippen LogP contribution in [0.25, 0.3) is 5.82 Å². The minimum Gasteiger partial charge on any atom is -0.476 e. The summed E-state index contributed by atoms with van der Waals surface area (Å²) in [5, 5.41) is 9.02. The third-order valence-electron chi connectivity index (χ3n) is 9.17. The van der Waals surface area contributed by atoms with Gasteiger partial charge in [-0.05, 0) is 68.0 Å². The van der Waals surface area contributed by atoms with Crippen molar-refractivity contribution < 1.29 is 9.53 Å². The molecule has 1 aliphatic heterocycles. The Morgan fingerprint density at radius 3 is 2.44 bits per heavy atom. The van der Waals surface area contributed by atoms with E-state index in [0.29, 0.717) is 41.5 Å². The minimum atomic E-state index is -0.188. The average Bonchev–Trinajstić information content (AvgIpc) is 3.35. The highest BCUT2D eigenvalue weighted by Gasteiger charge is 2.64. The quantitative estimate of drug-likeness (QED) is 0.373. The molecule has 3 aromatic rings. The molecule has 10 heteroatoms. The van der Waals surface area contributed by atoms with E-state index < -0.39 is 0 Å². The second-order valence-corrected chi connectivity index (χ2v) is 13.8. The number of nitrogens with one attached hydrogen (secondary N) is 1. The second kappa shape index (κ2) is 9.57. The van der Waals surface area contributed by atoms with Crippen LogP contribution in [0.5, 0.6) is 5.88 Å². The maximum atomic E-state index is 13.4. The van der Waals surface area contributed by atoms with Crippen LogP contribution in [0.15, 0.2) is 35.5 Å². The Kier molecular flexibility index (Phi) is 6.76. The molecule has 4 heterocycles. The highest BCUT2D eigenvalue weighted by atomic mass is 32.2. The van der Waals surface area contributed by atoms with Gasteiger partial charge in [0, 0.05) is 43.5 Å². The summed E-state index contributed by atoms with van der Waals surface area (Å²) in [7, 11) is 1.87. The minimum absolute atomic E-state index is 0.130. The number of hydrogen-bond acceptors (Lipinski definition) is 7.